The Balaban J connectivity index is 1.95. The number of carbonyl (C=O) groups is 1. The number of allylic oxidation sites excluding steroid dienone is 1. The maximum atomic E-state index is 13.2. The van der Waals surface area contributed by atoms with Crippen LogP contribution in [0.15, 0.2) is 63.1 Å². The second-order valence-electron chi connectivity index (χ2n) is 6.10. The Hall–Kier alpha value is -2.84. The molecule has 8 heteroatoms. The van der Waals surface area contributed by atoms with Crippen LogP contribution in [0.1, 0.15) is 30.3 Å². The van der Waals surface area contributed by atoms with Crippen LogP contribution in [0.25, 0.3) is 6.08 Å². The molecule has 4 rings (SSSR count). The van der Waals surface area contributed by atoms with Crippen LogP contribution < -0.4 is 14.9 Å². The molecule has 1 atom stereocenters. The molecule has 0 fully saturated rings. The zero-order valence-corrected chi connectivity index (χ0v) is 16.9. The Morgan fingerprint density at radius 2 is 2.21 bits per heavy atom. The molecule has 0 spiro atoms. The van der Waals surface area contributed by atoms with Crippen molar-refractivity contribution in [2.75, 3.05) is 6.61 Å². The standard InChI is InChI=1S/C20H17N3O3S2/c1-3-26-19(25)16-12(2)22-20-23(17(16)14-7-5-9-27-14)18(24)15(28-20)10-13-6-4-8-21-11-13/h4-11,17H,3H2,1-2H3/b15-10-. The van der Waals surface area contributed by atoms with E-state index in [-0.39, 0.29) is 12.2 Å². The first kappa shape index (κ1) is 18.5. The second-order valence-corrected chi connectivity index (χ2v) is 8.09. The van der Waals surface area contributed by atoms with Crippen LogP contribution in [0.4, 0.5) is 0 Å². The van der Waals surface area contributed by atoms with E-state index in [0.717, 1.165) is 10.4 Å². The number of thiazole rings is 1. The molecular formula is C20H17N3O3S2. The first-order valence-electron chi connectivity index (χ1n) is 8.73. The van der Waals surface area contributed by atoms with Crippen LogP contribution in [0.2, 0.25) is 0 Å². The summed E-state index contributed by atoms with van der Waals surface area (Å²) in [6, 6.07) is 7.00. The van der Waals surface area contributed by atoms with Crippen molar-refractivity contribution in [3.63, 3.8) is 0 Å². The number of hydrogen-bond acceptors (Lipinski definition) is 7. The van der Waals surface area contributed by atoms with Crippen molar-refractivity contribution in [1.82, 2.24) is 9.55 Å². The van der Waals surface area contributed by atoms with Gasteiger partial charge in [-0.2, -0.15) is 0 Å². The third-order valence-electron chi connectivity index (χ3n) is 4.31. The van der Waals surface area contributed by atoms with Crippen LogP contribution >= 0.6 is 22.7 Å². The number of thiophene rings is 1. The minimum Gasteiger partial charge on any atom is -0.463 e. The van der Waals surface area contributed by atoms with E-state index in [2.05, 4.69) is 9.98 Å². The molecule has 1 aliphatic rings. The van der Waals surface area contributed by atoms with Crippen molar-refractivity contribution in [2.45, 2.75) is 19.9 Å². The normalized spacial score (nSPS) is 16.6. The van der Waals surface area contributed by atoms with Crippen molar-refractivity contribution in [2.24, 2.45) is 4.99 Å². The smallest absolute Gasteiger partial charge is 0.338 e. The lowest BCUT2D eigenvalue weighted by Gasteiger charge is -2.23. The topological polar surface area (TPSA) is 73.6 Å². The summed E-state index contributed by atoms with van der Waals surface area (Å²) in [6.07, 6.45) is 5.18. The highest BCUT2D eigenvalue weighted by molar-refractivity contribution is 7.10. The minimum atomic E-state index is -0.536. The minimum absolute atomic E-state index is 0.180. The molecule has 0 saturated heterocycles. The fraction of sp³-hybridized carbons (Fsp3) is 0.200. The highest BCUT2D eigenvalue weighted by Crippen LogP contribution is 2.33. The van der Waals surface area contributed by atoms with E-state index in [1.54, 1.807) is 36.9 Å². The highest BCUT2D eigenvalue weighted by Gasteiger charge is 2.33. The lowest BCUT2D eigenvalue weighted by atomic mass is 10.0. The average molecular weight is 412 g/mol. The van der Waals surface area contributed by atoms with Crippen LogP contribution in [0, 0.1) is 0 Å². The van der Waals surface area contributed by atoms with Crippen molar-refractivity contribution in [3.05, 3.63) is 83.4 Å². The first-order valence-corrected chi connectivity index (χ1v) is 10.4. The average Bonchev–Trinajstić information content (AvgIpc) is 3.31. The number of carbonyl (C=O) groups excluding carboxylic acids is 1. The van der Waals surface area contributed by atoms with E-state index in [1.165, 1.54) is 22.7 Å². The fourth-order valence-corrected chi connectivity index (χ4v) is 4.99. The molecule has 0 aromatic carbocycles. The molecule has 0 saturated carbocycles. The van der Waals surface area contributed by atoms with Gasteiger partial charge >= 0.3 is 5.97 Å². The summed E-state index contributed by atoms with van der Waals surface area (Å²) >= 11 is 2.80. The fourth-order valence-electron chi connectivity index (χ4n) is 3.12. The van der Waals surface area contributed by atoms with Gasteiger partial charge in [-0.1, -0.05) is 23.5 Å². The summed E-state index contributed by atoms with van der Waals surface area (Å²) in [7, 11) is 0. The molecule has 3 aromatic rings. The van der Waals surface area contributed by atoms with Gasteiger partial charge in [0.2, 0.25) is 0 Å². The highest BCUT2D eigenvalue weighted by atomic mass is 32.1. The molecule has 0 radical (unpaired) electrons. The molecule has 0 aliphatic carbocycles. The van der Waals surface area contributed by atoms with Gasteiger partial charge in [-0.05, 0) is 43.0 Å². The summed E-state index contributed by atoms with van der Waals surface area (Å²) in [5, 5.41) is 1.93. The lowest BCUT2D eigenvalue weighted by Crippen LogP contribution is -2.39. The third-order valence-corrected chi connectivity index (χ3v) is 6.22. The number of esters is 1. The van der Waals surface area contributed by atoms with Crippen LogP contribution in [0.3, 0.4) is 0 Å². The number of fused-ring (bicyclic) bond motifs is 1. The van der Waals surface area contributed by atoms with Crippen LogP contribution in [-0.2, 0) is 9.53 Å². The van der Waals surface area contributed by atoms with E-state index >= 15 is 0 Å². The molecule has 0 bridgehead atoms. The number of pyridine rings is 1. The van der Waals surface area contributed by atoms with Gasteiger partial charge in [0.25, 0.3) is 5.56 Å². The molecular weight excluding hydrogens is 394 g/mol. The van der Waals surface area contributed by atoms with E-state index in [0.29, 0.717) is 20.6 Å². The molecule has 1 aliphatic heterocycles. The van der Waals surface area contributed by atoms with Gasteiger partial charge in [0.15, 0.2) is 4.80 Å². The maximum Gasteiger partial charge on any atom is 0.338 e. The number of ether oxygens (including phenoxy) is 1. The van der Waals surface area contributed by atoms with E-state index in [1.807, 2.05) is 29.6 Å². The Labute approximate surface area is 168 Å². The van der Waals surface area contributed by atoms with Crippen molar-refractivity contribution < 1.29 is 9.53 Å². The summed E-state index contributed by atoms with van der Waals surface area (Å²) < 4.78 is 7.40. The largest absolute Gasteiger partial charge is 0.463 e. The summed E-state index contributed by atoms with van der Waals surface area (Å²) in [4.78, 5) is 36.0. The first-order chi connectivity index (χ1) is 13.6. The van der Waals surface area contributed by atoms with E-state index in [9.17, 15) is 9.59 Å². The number of rotatable bonds is 4. The number of aromatic nitrogens is 2. The van der Waals surface area contributed by atoms with Gasteiger partial charge in [-0.25, -0.2) is 9.79 Å². The van der Waals surface area contributed by atoms with Crippen molar-refractivity contribution >= 4 is 34.7 Å². The molecule has 0 amide bonds. The SMILES string of the molecule is CCOC(=O)C1=C(C)N=c2s/c(=C\c3cccnc3)c(=O)n2C1c1cccs1. The molecule has 1 unspecified atom stereocenters. The number of nitrogens with zero attached hydrogens (tertiary/aromatic N) is 3. The summed E-state index contributed by atoms with van der Waals surface area (Å²) in [5.74, 6) is -0.441. The quantitative estimate of drug-likeness (QED) is 0.618. The van der Waals surface area contributed by atoms with E-state index in [4.69, 9.17) is 4.74 Å². The monoisotopic (exact) mass is 411 g/mol. The van der Waals surface area contributed by atoms with Gasteiger partial charge in [0.05, 0.1) is 22.4 Å². The molecule has 6 nitrogen and oxygen atoms in total. The Bertz CT molecular complexity index is 1220. The van der Waals surface area contributed by atoms with Gasteiger partial charge in [-0.3, -0.25) is 14.3 Å². The zero-order valence-electron chi connectivity index (χ0n) is 15.3. The van der Waals surface area contributed by atoms with Crippen LogP contribution in [-0.4, -0.2) is 22.1 Å². The van der Waals surface area contributed by atoms with Crippen LogP contribution in [0.5, 0.6) is 0 Å². The van der Waals surface area contributed by atoms with E-state index < -0.39 is 12.0 Å². The maximum absolute atomic E-state index is 13.2. The molecule has 142 valence electrons. The Morgan fingerprint density at radius 3 is 2.89 bits per heavy atom. The summed E-state index contributed by atoms with van der Waals surface area (Å²) in [6.45, 7) is 3.81. The van der Waals surface area contributed by atoms with Crippen molar-refractivity contribution in [1.29, 1.82) is 0 Å². The molecule has 3 aromatic heterocycles. The molecule has 4 heterocycles. The van der Waals surface area contributed by atoms with Gasteiger partial charge < -0.3 is 4.74 Å². The molecule has 28 heavy (non-hydrogen) atoms. The second kappa shape index (κ2) is 7.65. The third kappa shape index (κ3) is 3.25. The van der Waals surface area contributed by atoms with Gasteiger partial charge in [-0.15, -0.1) is 11.3 Å². The summed E-state index contributed by atoms with van der Waals surface area (Å²) in [5.41, 5.74) is 1.64. The predicted molar refractivity (Wildman–Crippen MR) is 109 cm³/mol. The Morgan fingerprint density at radius 1 is 1.36 bits per heavy atom. The van der Waals surface area contributed by atoms with Gasteiger partial charge in [0.1, 0.15) is 6.04 Å². The van der Waals surface area contributed by atoms with Gasteiger partial charge in [0, 0.05) is 17.3 Å². The lowest BCUT2D eigenvalue weighted by molar-refractivity contribution is -0.139. The zero-order chi connectivity index (χ0) is 19.7. The number of hydrogen-bond donors (Lipinski definition) is 0. The Kier molecular flexibility index (Phi) is 5.06. The predicted octanol–water partition coefficient (Wildman–Crippen LogP) is 2.25. The molecule has 0 N–H and O–H groups in total. The van der Waals surface area contributed by atoms with Crippen molar-refractivity contribution in [3.8, 4) is 0 Å².